The number of hydrogen-bond acceptors (Lipinski definition) is 5. The van der Waals surface area contributed by atoms with E-state index in [0.717, 1.165) is 51.6 Å². The first-order valence-corrected chi connectivity index (χ1v) is 8.31. The van der Waals surface area contributed by atoms with Crippen molar-refractivity contribution < 1.29 is 9.15 Å². The van der Waals surface area contributed by atoms with Crippen LogP contribution in [0.1, 0.15) is 41.4 Å². The van der Waals surface area contributed by atoms with Crippen molar-refractivity contribution in [1.82, 2.24) is 9.97 Å². The molecule has 1 fully saturated rings. The van der Waals surface area contributed by atoms with Crippen LogP contribution in [0.3, 0.4) is 0 Å². The van der Waals surface area contributed by atoms with E-state index in [0.29, 0.717) is 0 Å². The standard InChI is InChI=1S/C14H15BrN2O2S/c1-8-11(15)20-12(17-8)14(18-2)5-9-10(19-7-16-9)13(6-14)3-4-13/h7H,3-6H2,1-2H3. The van der Waals surface area contributed by atoms with E-state index in [4.69, 9.17) is 14.1 Å². The number of nitrogens with zero attached hydrogens (tertiary/aromatic N) is 2. The Kier molecular flexibility index (Phi) is 2.69. The molecule has 0 radical (unpaired) electrons. The first-order chi connectivity index (χ1) is 9.58. The smallest absolute Gasteiger partial charge is 0.181 e. The van der Waals surface area contributed by atoms with Gasteiger partial charge >= 0.3 is 0 Å². The molecule has 4 nitrogen and oxygen atoms in total. The summed E-state index contributed by atoms with van der Waals surface area (Å²) in [4.78, 5) is 9.12. The molecule has 1 spiro atoms. The summed E-state index contributed by atoms with van der Waals surface area (Å²) in [6.07, 6.45) is 5.58. The lowest BCUT2D eigenvalue weighted by Crippen LogP contribution is -2.39. The lowest BCUT2D eigenvalue weighted by molar-refractivity contribution is -0.0399. The highest BCUT2D eigenvalue weighted by Crippen LogP contribution is 2.60. The molecule has 0 N–H and O–H groups in total. The Bertz CT molecular complexity index is 657. The number of oxazole rings is 1. The number of aryl methyl sites for hydroxylation is 1. The number of halogens is 1. The molecule has 0 bridgehead atoms. The number of ether oxygens (including phenoxy) is 1. The SMILES string of the molecule is COC1(c2nc(C)c(Br)s2)Cc2ncoc2C2(CC2)C1. The molecule has 1 saturated carbocycles. The van der Waals surface area contributed by atoms with Gasteiger partial charge in [-0.05, 0) is 42.1 Å². The summed E-state index contributed by atoms with van der Waals surface area (Å²) in [6, 6.07) is 0. The Morgan fingerprint density at radius 3 is 2.85 bits per heavy atom. The van der Waals surface area contributed by atoms with Gasteiger partial charge in [0.25, 0.3) is 0 Å². The van der Waals surface area contributed by atoms with Crippen molar-refractivity contribution >= 4 is 27.3 Å². The van der Waals surface area contributed by atoms with Crippen molar-refractivity contribution in [3.63, 3.8) is 0 Å². The average molecular weight is 355 g/mol. The van der Waals surface area contributed by atoms with E-state index in [-0.39, 0.29) is 11.0 Å². The van der Waals surface area contributed by atoms with Crippen LogP contribution in [-0.4, -0.2) is 17.1 Å². The van der Waals surface area contributed by atoms with E-state index in [1.165, 1.54) is 0 Å². The number of rotatable bonds is 2. The third-order valence-electron chi connectivity index (χ3n) is 4.57. The van der Waals surface area contributed by atoms with Crippen molar-refractivity contribution in [3.8, 4) is 0 Å². The molecular weight excluding hydrogens is 340 g/mol. The number of thiazole rings is 1. The minimum absolute atomic E-state index is 0.131. The molecule has 4 rings (SSSR count). The molecule has 20 heavy (non-hydrogen) atoms. The average Bonchev–Trinajstić information content (AvgIpc) is 2.87. The topological polar surface area (TPSA) is 48.2 Å². The van der Waals surface area contributed by atoms with Gasteiger partial charge in [-0.15, -0.1) is 11.3 Å². The zero-order chi connectivity index (χ0) is 14.0. The van der Waals surface area contributed by atoms with Crippen molar-refractivity contribution in [1.29, 1.82) is 0 Å². The largest absolute Gasteiger partial charge is 0.448 e. The number of aromatic nitrogens is 2. The number of methoxy groups -OCH3 is 1. The van der Waals surface area contributed by atoms with Crippen LogP contribution in [0.5, 0.6) is 0 Å². The molecule has 2 aromatic rings. The normalized spacial score (nSPS) is 26.8. The quantitative estimate of drug-likeness (QED) is 0.824. The summed E-state index contributed by atoms with van der Waals surface area (Å²) in [6.45, 7) is 2.02. The molecule has 2 aliphatic rings. The first-order valence-electron chi connectivity index (χ1n) is 6.70. The minimum Gasteiger partial charge on any atom is -0.448 e. The van der Waals surface area contributed by atoms with Crippen LogP contribution in [0.4, 0.5) is 0 Å². The van der Waals surface area contributed by atoms with E-state index in [9.17, 15) is 0 Å². The van der Waals surface area contributed by atoms with E-state index >= 15 is 0 Å². The molecule has 1 atom stereocenters. The van der Waals surface area contributed by atoms with Crippen LogP contribution in [0, 0.1) is 6.92 Å². The highest BCUT2D eigenvalue weighted by atomic mass is 79.9. The maximum atomic E-state index is 5.98. The van der Waals surface area contributed by atoms with Crippen molar-refractivity contribution in [2.24, 2.45) is 0 Å². The van der Waals surface area contributed by atoms with Gasteiger partial charge in [0.2, 0.25) is 0 Å². The van der Waals surface area contributed by atoms with Crippen molar-refractivity contribution in [2.75, 3.05) is 7.11 Å². The Labute approximate surface area is 129 Å². The minimum atomic E-state index is -0.359. The molecule has 0 aromatic carbocycles. The van der Waals surface area contributed by atoms with Crippen molar-refractivity contribution in [2.45, 2.75) is 43.6 Å². The summed E-state index contributed by atoms with van der Waals surface area (Å²) >= 11 is 5.24. The second-order valence-electron chi connectivity index (χ2n) is 5.84. The number of hydrogen-bond donors (Lipinski definition) is 0. The molecule has 0 amide bonds. The Morgan fingerprint density at radius 1 is 1.45 bits per heavy atom. The summed E-state index contributed by atoms with van der Waals surface area (Å²) in [5.74, 6) is 1.08. The molecule has 0 aliphatic heterocycles. The molecule has 0 saturated heterocycles. The summed E-state index contributed by atoms with van der Waals surface area (Å²) in [5, 5.41) is 1.05. The van der Waals surface area contributed by atoms with E-state index in [2.05, 4.69) is 20.9 Å². The highest BCUT2D eigenvalue weighted by molar-refractivity contribution is 9.11. The first kappa shape index (κ1) is 13.0. The van der Waals surface area contributed by atoms with Crippen LogP contribution in [0.2, 0.25) is 0 Å². The third-order valence-corrected chi connectivity index (χ3v) is 6.76. The van der Waals surface area contributed by atoms with Crippen LogP contribution in [0.25, 0.3) is 0 Å². The molecule has 106 valence electrons. The molecule has 2 heterocycles. The van der Waals surface area contributed by atoms with Crippen LogP contribution < -0.4 is 0 Å². The predicted molar refractivity (Wildman–Crippen MR) is 79.0 cm³/mol. The Hall–Kier alpha value is -0.720. The van der Waals surface area contributed by atoms with Gasteiger partial charge in [0.15, 0.2) is 6.39 Å². The summed E-state index contributed by atoms with van der Waals surface area (Å²) in [7, 11) is 1.78. The molecular formula is C14H15BrN2O2S. The fraction of sp³-hybridized carbons (Fsp3) is 0.571. The zero-order valence-electron chi connectivity index (χ0n) is 11.4. The van der Waals surface area contributed by atoms with Gasteiger partial charge in [0.05, 0.1) is 15.2 Å². The molecule has 2 aromatic heterocycles. The third kappa shape index (κ3) is 1.68. The van der Waals surface area contributed by atoms with Crippen molar-refractivity contribution in [3.05, 3.63) is 32.3 Å². The Morgan fingerprint density at radius 2 is 2.25 bits per heavy atom. The molecule has 6 heteroatoms. The van der Waals surface area contributed by atoms with Gasteiger partial charge < -0.3 is 9.15 Å². The maximum Gasteiger partial charge on any atom is 0.181 e. The molecule has 1 unspecified atom stereocenters. The zero-order valence-corrected chi connectivity index (χ0v) is 13.8. The second kappa shape index (κ2) is 4.15. The lowest BCUT2D eigenvalue weighted by atomic mass is 9.77. The molecule has 2 aliphatic carbocycles. The van der Waals surface area contributed by atoms with Crippen LogP contribution >= 0.6 is 27.3 Å². The summed E-state index contributed by atoms with van der Waals surface area (Å²) < 4.78 is 12.7. The predicted octanol–water partition coefficient (Wildman–Crippen LogP) is 3.72. The van der Waals surface area contributed by atoms with E-state index in [1.54, 1.807) is 24.8 Å². The monoisotopic (exact) mass is 354 g/mol. The van der Waals surface area contributed by atoms with E-state index < -0.39 is 0 Å². The maximum absolute atomic E-state index is 5.98. The van der Waals surface area contributed by atoms with Gasteiger partial charge in [-0.3, -0.25) is 0 Å². The highest BCUT2D eigenvalue weighted by Gasteiger charge is 2.59. The second-order valence-corrected chi connectivity index (χ2v) is 8.16. The van der Waals surface area contributed by atoms with Gasteiger partial charge in [0, 0.05) is 18.9 Å². The lowest BCUT2D eigenvalue weighted by Gasteiger charge is -2.37. The van der Waals surface area contributed by atoms with Gasteiger partial charge in [0.1, 0.15) is 16.4 Å². The van der Waals surface area contributed by atoms with Crippen LogP contribution in [-0.2, 0) is 22.2 Å². The van der Waals surface area contributed by atoms with E-state index in [1.807, 2.05) is 6.92 Å². The fourth-order valence-corrected chi connectivity index (χ4v) is 4.80. The van der Waals surface area contributed by atoms with Crippen LogP contribution in [0.15, 0.2) is 14.6 Å². The van der Waals surface area contributed by atoms with Gasteiger partial charge in [-0.2, -0.15) is 0 Å². The van der Waals surface area contributed by atoms with Gasteiger partial charge in [-0.1, -0.05) is 0 Å². The Balaban J connectivity index is 1.84. The summed E-state index contributed by atoms with van der Waals surface area (Å²) in [5.41, 5.74) is 1.84. The van der Waals surface area contributed by atoms with Gasteiger partial charge in [-0.25, -0.2) is 9.97 Å². The number of fused-ring (bicyclic) bond motifs is 2. The fourth-order valence-electron chi connectivity index (χ4n) is 3.30.